The molecule has 7 heteroatoms. The summed E-state index contributed by atoms with van der Waals surface area (Å²) in [5.41, 5.74) is -0.353. The molecule has 1 fully saturated rings. The van der Waals surface area contributed by atoms with Crippen molar-refractivity contribution in [1.29, 1.82) is 0 Å². The first-order chi connectivity index (χ1) is 12.9. The summed E-state index contributed by atoms with van der Waals surface area (Å²) >= 11 is 0. The van der Waals surface area contributed by atoms with Gasteiger partial charge in [0.25, 0.3) is 0 Å². The summed E-state index contributed by atoms with van der Waals surface area (Å²) in [5.74, 6) is 0. The molecule has 1 aliphatic heterocycles. The third-order valence-corrected chi connectivity index (χ3v) is 4.56. The predicted molar refractivity (Wildman–Crippen MR) is 105 cm³/mol. The smallest absolute Gasteiger partial charge is 0.416 e. The van der Waals surface area contributed by atoms with Gasteiger partial charge in [-0.1, -0.05) is 26.0 Å². The van der Waals surface area contributed by atoms with Crippen molar-refractivity contribution in [2.45, 2.75) is 72.3 Å². The molecule has 1 saturated heterocycles. The van der Waals surface area contributed by atoms with Crippen LogP contribution in [0.15, 0.2) is 24.3 Å². The molecule has 4 nitrogen and oxygen atoms in total. The molecule has 2 rings (SSSR count). The van der Waals surface area contributed by atoms with Crippen molar-refractivity contribution < 1.29 is 22.7 Å². The molecule has 28 heavy (non-hydrogen) atoms. The van der Waals surface area contributed by atoms with E-state index in [1.165, 1.54) is 12.1 Å². The lowest BCUT2D eigenvalue weighted by Gasteiger charge is -2.42. The number of rotatable bonds is 2. The highest BCUT2D eigenvalue weighted by Crippen LogP contribution is 2.31. The second-order valence-corrected chi connectivity index (χ2v) is 7.81. The Hall–Kier alpha value is -1.76. The predicted octanol–water partition coefficient (Wildman–Crippen LogP) is 5.73. The van der Waals surface area contributed by atoms with Crippen LogP contribution in [0.25, 0.3) is 0 Å². The molecule has 1 heterocycles. The highest BCUT2D eigenvalue weighted by atomic mass is 19.4. The zero-order valence-corrected chi connectivity index (χ0v) is 17.9. The zero-order valence-electron chi connectivity index (χ0n) is 17.9. The number of carbonyl (C=O) groups excluding carboxylic acids is 1. The summed E-state index contributed by atoms with van der Waals surface area (Å²) in [6.45, 7) is 15.2. The molecule has 0 aromatic heterocycles. The summed E-state index contributed by atoms with van der Waals surface area (Å²) in [7, 11) is 0. The largest absolute Gasteiger partial charge is 0.444 e. The maximum Gasteiger partial charge on any atom is 0.416 e. The number of hydrogen-bond acceptors (Lipinski definition) is 3. The summed E-state index contributed by atoms with van der Waals surface area (Å²) in [6.07, 6.45) is -4.65. The highest BCUT2D eigenvalue weighted by Gasteiger charge is 2.33. The van der Waals surface area contributed by atoms with Gasteiger partial charge in [0, 0.05) is 31.7 Å². The molecule has 1 aliphatic rings. The van der Waals surface area contributed by atoms with Crippen molar-refractivity contribution >= 4 is 6.09 Å². The van der Waals surface area contributed by atoms with Crippen LogP contribution in [0.3, 0.4) is 0 Å². The van der Waals surface area contributed by atoms with Crippen molar-refractivity contribution in [2.75, 3.05) is 19.6 Å². The fourth-order valence-electron chi connectivity index (χ4n) is 3.09. The van der Waals surface area contributed by atoms with Gasteiger partial charge in [-0.15, -0.1) is 0 Å². The van der Waals surface area contributed by atoms with Crippen LogP contribution in [-0.4, -0.2) is 47.2 Å². The Bertz CT molecular complexity index is 624. The summed E-state index contributed by atoms with van der Waals surface area (Å²) in [4.78, 5) is 16.2. The van der Waals surface area contributed by atoms with E-state index in [1.54, 1.807) is 4.90 Å². The molecule has 0 spiro atoms. The van der Waals surface area contributed by atoms with Crippen LogP contribution in [0.2, 0.25) is 0 Å². The van der Waals surface area contributed by atoms with Crippen molar-refractivity contribution in [1.82, 2.24) is 9.80 Å². The van der Waals surface area contributed by atoms with Crippen molar-refractivity contribution in [3.8, 4) is 0 Å². The molecule has 2 atom stereocenters. The number of benzene rings is 1. The van der Waals surface area contributed by atoms with Gasteiger partial charge in [0.15, 0.2) is 0 Å². The van der Waals surface area contributed by atoms with E-state index in [9.17, 15) is 18.0 Å². The molecule has 0 saturated carbocycles. The maximum absolute atomic E-state index is 12.7. The molecular formula is C21H33F3N2O2. The Morgan fingerprint density at radius 2 is 1.64 bits per heavy atom. The molecule has 1 amide bonds. The molecule has 1 aromatic rings. The summed E-state index contributed by atoms with van der Waals surface area (Å²) < 4.78 is 43.5. The van der Waals surface area contributed by atoms with Gasteiger partial charge in [-0.2, -0.15) is 13.2 Å². The summed E-state index contributed by atoms with van der Waals surface area (Å²) in [5, 5.41) is 0. The van der Waals surface area contributed by atoms with Crippen molar-refractivity contribution in [3.05, 3.63) is 35.4 Å². The number of piperazine rings is 1. The highest BCUT2D eigenvalue weighted by molar-refractivity contribution is 5.68. The summed E-state index contributed by atoms with van der Waals surface area (Å²) in [6, 6.07) is 5.23. The van der Waals surface area contributed by atoms with Gasteiger partial charge in [-0.3, -0.25) is 4.90 Å². The van der Waals surface area contributed by atoms with E-state index >= 15 is 0 Å². The van der Waals surface area contributed by atoms with E-state index in [1.807, 2.05) is 48.5 Å². The number of carbonyl (C=O) groups is 1. The minimum atomic E-state index is -4.32. The van der Waals surface area contributed by atoms with Gasteiger partial charge in [0.2, 0.25) is 0 Å². The van der Waals surface area contributed by atoms with Crippen molar-refractivity contribution in [3.63, 3.8) is 0 Å². The van der Waals surface area contributed by atoms with Crippen LogP contribution >= 0.6 is 0 Å². The number of alkyl halides is 3. The Labute approximate surface area is 166 Å². The quantitative estimate of drug-likeness (QED) is 0.633. The van der Waals surface area contributed by atoms with Gasteiger partial charge in [0.1, 0.15) is 5.60 Å². The average molecular weight is 403 g/mol. The molecule has 0 bridgehead atoms. The topological polar surface area (TPSA) is 32.8 Å². The second kappa shape index (κ2) is 9.63. The molecule has 1 aromatic carbocycles. The monoisotopic (exact) mass is 402 g/mol. The van der Waals surface area contributed by atoms with Crippen LogP contribution in [0, 0.1) is 0 Å². The van der Waals surface area contributed by atoms with Gasteiger partial charge in [-0.05, 0) is 52.3 Å². The van der Waals surface area contributed by atoms with E-state index in [2.05, 4.69) is 4.90 Å². The lowest BCUT2D eigenvalue weighted by molar-refractivity contribution is -0.137. The van der Waals surface area contributed by atoms with Crippen LogP contribution in [0.4, 0.5) is 18.0 Å². The Morgan fingerprint density at radius 3 is 2.07 bits per heavy atom. The fourth-order valence-corrected chi connectivity index (χ4v) is 3.09. The van der Waals surface area contributed by atoms with E-state index < -0.39 is 17.3 Å². The zero-order chi connectivity index (χ0) is 21.7. The van der Waals surface area contributed by atoms with Gasteiger partial charge in [-0.25, -0.2) is 4.79 Å². The van der Waals surface area contributed by atoms with E-state index in [-0.39, 0.29) is 18.2 Å². The number of amides is 1. The lowest BCUT2D eigenvalue weighted by Crippen LogP contribution is -2.55. The Balaban J connectivity index is 0.00000190. The second-order valence-electron chi connectivity index (χ2n) is 7.81. The fraction of sp³-hybridized carbons (Fsp3) is 0.667. The molecule has 0 N–H and O–H groups in total. The average Bonchev–Trinajstić information content (AvgIpc) is 2.60. The number of ether oxygens (including phenoxy) is 1. The molecule has 0 radical (unpaired) electrons. The third-order valence-electron chi connectivity index (χ3n) is 4.56. The minimum Gasteiger partial charge on any atom is -0.444 e. The lowest BCUT2D eigenvalue weighted by atomic mass is 10.0. The third kappa shape index (κ3) is 6.69. The van der Waals surface area contributed by atoms with Gasteiger partial charge < -0.3 is 9.64 Å². The van der Waals surface area contributed by atoms with E-state index in [0.717, 1.165) is 17.7 Å². The van der Waals surface area contributed by atoms with E-state index in [0.29, 0.717) is 19.6 Å². The Kier molecular flexibility index (Phi) is 8.35. The first-order valence-electron chi connectivity index (χ1n) is 9.79. The number of hydrogen-bond donors (Lipinski definition) is 0. The first kappa shape index (κ1) is 24.3. The number of halogens is 3. The van der Waals surface area contributed by atoms with Crippen LogP contribution in [-0.2, 0) is 10.9 Å². The maximum atomic E-state index is 12.7. The molecule has 160 valence electrons. The van der Waals surface area contributed by atoms with Crippen LogP contribution in [0.5, 0.6) is 0 Å². The van der Waals surface area contributed by atoms with Crippen LogP contribution in [0.1, 0.15) is 65.6 Å². The molecular weight excluding hydrogens is 369 g/mol. The first-order valence-corrected chi connectivity index (χ1v) is 9.79. The molecule has 2 unspecified atom stereocenters. The van der Waals surface area contributed by atoms with Gasteiger partial charge >= 0.3 is 12.3 Å². The molecule has 0 aliphatic carbocycles. The SMILES string of the molecule is CC.CC(c1ccc(C(F)(F)F)cc1)N1CCN(C(=O)OC(C)(C)C)C(C)C1. The minimum absolute atomic E-state index is 0.0273. The normalized spacial score (nSPS) is 19.5. The van der Waals surface area contributed by atoms with Crippen LogP contribution < -0.4 is 0 Å². The van der Waals surface area contributed by atoms with Crippen molar-refractivity contribution in [2.24, 2.45) is 0 Å². The van der Waals surface area contributed by atoms with Gasteiger partial charge in [0.05, 0.1) is 5.56 Å². The van der Waals surface area contributed by atoms with E-state index in [4.69, 9.17) is 4.74 Å². The number of nitrogens with zero attached hydrogens (tertiary/aromatic N) is 2. The standard InChI is InChI=1S/C19H27F3N2O2.C2H6/c1-13-12-23(10-11-24(13)17(25)26-18(3,4)5)14(2)15-6-8-16(9-7-15)19(20,21)22;1-2/h6-9,13-14H,10-12H2,1-5H3;1-2H3. The Morgan fingerprint density at radius 1 is 1.11 bits per heavy atom.